The highest BCUT2D eigenvalue weighted by atomic mass is 16.6. The average molecular weight is 222 g/mol. The SMILES string of the molecule is O=C(O)Cc1nc2ccc([N+](=O)[O-])cc2o1. The van der Waals surface area contributed by atoms with Crippen molar-refractivity contribution in [3.05, 3.63) is 34.2 Å². The Morgan fingerprint density at radius 3 is 2.94 bits per heavy atom. The first-order chi connectivity index (χ1) is 7.56. The molecule has 0 radical (unpaired) electrons. The second kappa shape index (κ2) is 3.61. The molecule has 2 aromatic rings. The van der Waals surface area contributed by atoms with Gasteiger partial charge in [0.2, 0.25) is 5.89 Å². The normalized spacial score (nSPS) is 10.5. The number of nitro groups is 1. The Morgan fingerprint density at radius 1 is 1.56 bits per heavy atom. The first kappa shape index (κ1) is 10.1. The van der Waals surface area contributed by atoms with Crippen molar-refractivity contribution in [3.63, 3.8) is 0 Å². The van der Waals surface area contributed by atoms with Crippen LogP contribution in [0.1, 0.15) is 5.89 Å². The predicted molar refractivity (Wildman–Crippen MR) is 52.0 cm³/mol. The van der Waals surface area contributed by atoms with Crippen molar-refractivity contribution in [1.82, 2.24) is 4.98 Å². The number of fused-ring (bicyclic) bond motifs is 1. The summed E-state index contributed by atoms with van der Waals surface area (Å²) in [6.45, 7) is 0. The number of oxazole rings is 1. The maximum Gasteiger partial charge on any atom is 0.312 e. The molecule has 0 saturated heterocycles. The fraction of sp³-hybridized carbons (Fsp3) is 0.111. The van der Waals surface area contributed by atoms with Crippen LogP contribution in [0.4, 0.5) is 5.69 Å². The standard InChI is InChI=1S/C9H6N2O5/c12-9(13)4-8-10-6-2-1-5(11(14)15)3-7(6)16-8/h1-3H,4H2,(H,12,13). The quantitative estimate of drug-likeness (QED) is 0.620. The maximum absolute atomic E-state index is 10.5. The summed E-state index contributed by atoms with van der Waals surface area (Å²) in [4.78, 5) is 24.2. The topological polar surface area (TPSA) is 106 Å². The number of aromatic nitrogens is 1. The first-order valence-electron chi connectivity index (χ1n) is 4.32. The Kier molecular flexibility index (Phi) is 2.28. The highest BCUT2D eigenvalue weighted by molar-refractivity contribution is 5.76. The van der Waals surface area contributed by atoms with Crippen LogP contribution in [0.25, 0.3) is 11.1 Å². The van der Waals surface area contributed by atoms with Gasteiger partial charge in [0.1, 0.15) is 11.9 Å². The Hall–Kier alpha value is -2.44. The van der Waals surface area contributed by atoms with Gasteiger partial charge in [-0.15, -0.1) is 0 Å². The Morgan fingerprint density at radius 2 is 2.31 bits per heavy atom. The summed E-state index contributed by atoms with van der Waals surface area (Å²) in [7, 11) is 0. The van der Waals surface area contributed by atoms with Gasteiger partial charge in [-0.3, -0.25) is 14.9 Å². The summed E-state index contributed by atoms with van der Waals surface area (Å²) in [5.41, 5.74) is 0.498. The van der Waals surface area contributed by atoms with Crippen molar-refractivity contribution >= 4 is 22.8 Å². The van der Waals surface area contributed by atoms with Crippen molar-refractivity contribution in [2.24, 2.45) is 0 Å². The van der Waals surface area contributed by atoms with E-state index in [1.807, 2.05) is 0 Å². The van der Waals surface area contributed by atoms with E-state index < -0.39 is 10.9 Å². The highest BCUT2D eigenvalue weighted by Crippen LogP contribution is 2.21. The maximum atomic E-state index is 10.5. The van der Waals surface area contributed by atoms with Gasteiger partial charge in [-0.05, 0) is 6.07 Å². The van der Waals surface area contributed by atoms with E-state index in [0.29, 0.717) is 5.52 Å². The zero-order valence-electron chi connectivity index (χ0n) is 7.91. The molecule has 16 heavy (non-hydrogen) atoms. The molecular weight excluding hydrogens is 216 g/mol. The molecule has 0 bridgehead atoms. The lowest BCUT2D eigenvalue weighted by molar-refractivity contribution is -0.384. The molecule has 0 saturated carbocycles. The fourth-order valence-corrected chi connectivity index (χ4v) is 1.28. The minimum atomic E-state index is -1.07. The molecule has 0 aliphatic carbocycles. The number of nitro benzene ring substituents is 1. The molecule has 1 heterocycles. The second-order valence-electron chi connectivity index (χ2n) is 3.09. The number of non-ortho nitro benzene ring substituents is 1. The molecule has 7 nitrogen and oxygen atoms in total. The molecule has 0 atom stereocenters. The first-order valence-corrected chi connectivity index (χ1v) is 4.32. The molecule has 1 aromatic carbocycles. The van der Waals surface area contributed by atoms with Crippen molar-refractivity contribution in [2.75, 3.05) is 0 Å². The Balaban J connectivity index is 2.45. The molecule has 0 spiro atoms. The number of aliphatic carboxylic acids is 1. The van der Waals surface area contributed by atoms with Crippen LogP contribution in [-0.4, -0.2) is 21.0 Å². The number of rotatable bonds is 3. The van der Waals surface area contributed by atoms with Crippen molar-refractivity contribution in [1.29, 1.82) is 0 Å². The van der Waals surface area contributed by atoms with Crippen LogP contribution in [0.5, 0.6) is 0 Å². The number of hydrogen-bond donors (Lipinski definition) is 1. The van der Waals surface area contributed by atoms with Gasteiger partial charge < -0.3 is 9.52 Å². The smallest absolute Gasteiger partial charge is 0.312 e. The average Bonchev–Trinajstić information content (AvgIpc) is 2.56. The van der Waals surface area contributed by atoms with Crippen molar-refractivity contribution in [2.45, 2.75) is 6.42 Å². The molecule has 7 heteroatoms. The van der Waals surface area contributed by atoms with Gasteiger partial charge in [-0.1, -0.05) is 0 Å². The summed E-state index contributed by atoms with van der Waals surface area (Å²) in [6, 6.07) is 3.92. The van der Waals surface area contributed by atoms with Gasteiger partial charge in [-0.25, -0.2) is 4.98 Å². The number of nitrogens with zero attached hydrogens (tertiary/aromatic N) is 2. The van der Waals surface area contributed by atoms with Crippen LogP contribution in [0.15, 0.2) is 22.6 Å². The predicted octanol–water partition coefficient (Wildman–Crippen LogP) is 1.36. The van der Waals surface area contributed by atoms with Crippen LogP contribution >= 0.6 is 0 Å². The van der Waals surface area contributed by atoms with E-state index in [1.54, 1.807) is 0 Å². The molecule has 0 fully saturated rings. The number of carboxylic acid groups (broad SMARTS) is 1. The summed E-state index contributed by atoms with van der Waals surface area (Å²) in [6.07, 6.45) is -0.345. The third-order valence-electron chi connectivity index (χ3n) is 1.93. The lowest BCUT2D eigenvalue weighted by Gasteiger charge is -1.88. The van der Waals surface area contributed by atoms with E-state index in [0.717, 1.165) is 0 Å². The number of carboxylic acids is 1. The lowest BCUT2D eigenvalue weighted by atomic mass is 10.3. The highest BCUT2D eigenvalue weighted by Gasteiger charge is 2.13. The number of hydrogen-bond acceptors (Lipinski definition) is 5. The molecule has 1 N–H and O–H groups in total. The largest absolute Gasteiger partial charge is 0.481 e. The van der Waals surface area contributed by atoms with Crippen LogP contribution in [0.3, 0.4) is 0 Å². The van der Waals surface area contributed by atoms with E-state index >= 15 is 0 Å². The van der Waals surface area contributed by atoms with Crippen LogP contribution in [0.2, 0.25) is 0 Å². The third kappa shape index (κ3) is 1.83. The van der Waals surface area contributed by atoms with Crippen LogP contribution in [-0.2, 0) is 11.2 Å². The van der Waals surface area contributed by atoms with E-state index in [-0.39, 0.29) is 23.6 Å². The molecule has 0 unspecified atom stereocenters. The van der Waals surface area contributed by atoms with Gasteiger partial charge >= 0.3 is 5.97 Å². The van der Waals surface area contributed by atoms with Gasteiger partial charge in [0.25, 0.3) is 5.69 Å². The third-order valence-corrected chi connectivity index (χ3v) is 1.93. The van der Waals surface area contributed by atoms with Gasteiger partial charge in [-0.2, -0.15) is 0 Å². The number of carbonyl (C=O) groups is 1. The molecule has 0 aliphatic heterocycles. The molecule has 82 valence electrons. The Labute approximate surface area is 88.5 Å². The monoisotopic (exact) mass is 222 g/mol. The zero-order chi connectivity index (χ0) is 11.7. The fourth-order valence-electron chi connectivity index (χ4n) is 1.28. The molecule has 2 rings (SSSR count). The lowest BCUT2D eigenvalue weighted by Crippen LogP contribution is -1.99. The van der Waals surface area contributed by atoms with Crippen molar-refractivity contribution in [3.8, 4) is 0 Å². The van der Waals surface area contributed by atoms with E-state index in [1.165, 1.54) is 18.2 Å². The summed E-state index contributed by atoms with van der Waals surface area (Å²) >= 11 is 0. The summed E-state index contributed by atoms with van der Waals surface area (Å²) in [5, 5.41) is 19.0. The summed E-state index contributed by atoms with van der Waals surface area (Å²) < 4.78 is 5.07. The molecule has 1 aromatic heterocycles. The van der Waals surface area contributed by atoms with Gasteiger partial charge in [0, 0.05) is 6.07 Å². The van der Waals surface area contributed by atoms with Crippen molar-refractivity contribution < 1.29 is 19.2 Å². The van der Waals surface area contributed by atoms with Crippen LogP contribution < -0.4 is 0 Å². The molecule has 0 aliphatic rings. The minimum Gasteiger partial charge on any atom is -0.481 e. The zero-order valence-corrected chi connectivity index (χ0v) is 7.91. The van der Waals surface area contributed by atoms with Crippen LogP contribution in [0, 0.1) is 10.1 Å². The number of benzene rings is 1. The van der Waals surface area contributed by atoms with Gasteiger partial charge in [0.05, 0.1) is 11.0 Å². The Bertz CT molecular complexity index is 574. The summed E-state index contributed by atoms with van der Waals surface area (Å²) in [5.74, 6) is -1.04. The minimum absolute atomic E-state index is 0.0306. The van der Waals surface area contributed by atoms with E-state index in [4.69, 9.17) is 9.52 Å². The molecule has 0 amide bonds. The van der Waals surface area contributed by atoms with Gasteiger partial charge in [0.15, 0.2) is 5.58 Å². The second-order valence-corrected chi connectivity index (χ2v) is 3.09. The molecular formula is C9H6N2O5. The van der Waals surface area contributed by atoms with E-state index in [9.17, 15) is 14.9 Å². The van der Waals surface area contributed by atoms with E-state index in [2.05, 4.69) is 4.98 Å².